The maximum absolute atomic E-state index is 12.3. The third-order valence-corrected chi connectivity index (χ3v) is 5.97. The molecule has 3 aromatic rings. The van der Waals surface area contributed by atoms with Crippen molar-refractivity contribution < 1.29 is 17.9 Å². The Labute approximate surface area is 171 Å². The van der Waals surface area contributed by atoms with Crippen LogP contribution in [-0.4, -0.2) is 25.4 Å². The third-order valence-electron chi connectivity index (χ3n) is 3.56. The van der Waals surface area contributed by atoms with Gasteiger partial charge in [-0.2, -0.15) is 0 Å². The van der Waals surface area contributed by atoms with Gasteiger partial charge in [0.25, 0.3) is 15.9 Å². The molecule has 2 N–H and O–H groups in total. The summed E-state index contributed by atoms with van der Waals surface area (Å²) in [5.41, 5.74) is 0.444. The van der Waals surface area contributed by atoms with Crippen molar-refractivity contribution in [3.8, 4) is 5.75 Å². The van der Waals surface area contributed by atoms with Crippen LogP contribution in [0.2, 0.25) is 5.02 Å². The molecule has 28 heavy (non-hydrogen) atoms. The van der Waals surface area contributed by atoms with Crippen molar-refractivity contribution in [1.29, 1.82) is 0 Å². The quantitative estimate of drug-likeness (QED) is 0.582. The van der Waals surface area contributed by atoms with Crippen molar-refractivity contribution in [2.45, 2.75) is 17.9 Å². The van der Waals surface area contributed by atoms with Gasteiger partial charge in [-0.15, -0.1) is 11.3 Å². The number of halogens is 1. The van der Waals surface area contributed by atoms with Crippen molar-refractivity contribution in [3.63, 3.8) is 0 Å². The Hall–Kier alpha value is -2.62. The molecule has 0 spiro atoms. The van der Waals surface area contributed by atoms with Crippen LogP contribution >= 0.6 is 22.9 Å². The van der Waals surface area contributed by atoms with Crippen molar-refractivity contribution >= 4 is 49.7 Å². The molecule has 1 atom stereocenters. The number of thiazole rings is 1. The lowest BCUT2D eigenvalue weighted by Gasteiger charge is -2.15. The van der Waals surface area contributed by atoms with Crippen LogP contribution in [0.25, 0.3) is 0 Å². The van der Waals surface area contributed by atoms with Gasteiger partial charge in [0.1, 0.15) is 5.75 Å². The van der Waals surface area contributed by atoms with Gasteiger partial charge in [0, 0.05) is 22.3 Å². The lowest BCUT2D eigenvalue weighted by Crippen LogP contribution is -2.30. The van der Waals surface area contributed by atoms with Gasteiger partial charge in [-0.05, 0) is 49.4 Å². The van der Waals surface area contributed by atoms with E-state index >= 15 is 0 Å². The summed E-state index contributed by atoms with van der Waals surface area (Å²) in [6.07, 6.45) is 0.738. The minimum atomic E-state index is -3.74. The van der Waals surface area contributed by atoms with Gasteiger partial charge in [0.05, 0.1) is 4.90 Å². The SMILES string of the molecule is C[C@H](Oc1cccc(Cl)c1)C(=O)Nc1ccc(S(=O)(=O)Nc2nccs2)cc1. The summed E-state index contributed by atoms with van der Waals surface area (Å²) in [5.74, 6) is 0.0985. The summed E-state index contributed by atoms with van der Waals surface area (Å²) >= 11 is 7.08. The van der Waals surface area contributed by atoms with Crippen molar-refractivity contribution in [3.05, 3.63) is 65.1 Å². The zero-order chi connectivity index (χ0) is 20.1. The molecule has 1 heterocycles. The smallest absolute Gasteiger partial charge is 0.265 e. The molecule has 146 valence electrons. The van der Waals surface area contributed by atoms with E-state index in [9.17, 15) is 13.2 Å². The standard InChI is InChI=1S/C18H16ClN3O4S2/c1-12(26-15-4-2-3-13(19)11-15)17(23)21-14-5-7-16(8-6-14)28(24,25)22-18-20-9-10-27-18/h2-12H,1H3,(H,20,22)(H,21,23)/t12-/m0/s1. The van der Waals surface area contributed by atoms with E-state index < -0.39 is 16.1 Å². The highest BCUT2D eigenvalue weighted by atomic mass is 35.5. The van der Waals surface area contributed by atoms with E-state index in [1.54, 1.807) is 36.6 Å². The lowest BCUT2D eigenvalue weighted by atomic mass is 10.3. The number of carbonyl (C=O) groups excluding carboxylic acids is 1. The van der Waals surface area contributed by atoms with Crippen molar-refractivity contribution in [1.82, 2.24) is 4.98 Å². The predicted molar refractivity (Wildman–Crippen MR) is 110 cm³/mol. The summed E-state index contributed by atoms with van der Waals surface area (Å²) in [5, 5.41) is 5.14. The Kier molecular flexibility index (Phi) is 6.18. The summed E-state index contributed by atoms with van der Waals surface area (Å²) in [6.45, 7) is 1.60. The molecular formula is C18H16ClN3O4S2. The fourth-order valence-electron chi connectivity index (χ4n) is 2.21. The molecule has 2 aromatic carbocycles. The second kappa shape index (κ2) is 8.59. The monoisotopic (exact) mass is 437 g/mol. The molecule has 3 rings (SSSR count). The van der Waals surface area contributed by atoms with E-state index in [0.717, 1.165) is 0 Å². The Morgan fingerprint density at radius 1 is 1.21 bits per heavy atom. The van der Waals surface area contributed by atoms with Crippen LogP contribution in [0.3, 0.4) is 0 Å². The summed E-state index contributed by atoms with van der Waals surface area (Å²) in [6, 6.07) is 12.5. The maximum atomic E-state index is 12.3. The van der Waals surface area contributed by atoms with Gasteiger partial charge >= 0.3 is 0 Å². The first-order chi connectivity index (χ1) is 13.3. The van der Waals surface area contributed by atoms with E-state index in [0.29, 0.717) is 16.5 Å². The number of nitrogens with one attached hydrogen (secondary N) is 2. The molecule has 0 bridgehead atoms. The first kappa shape index (κ1) is 20.1. The number of hydrogen-bond donors (Lipinski definition) is 2. The number of ether oxygens (including phenoxy) is 1. The first-order valence-electron chi connectivity index (χ1n) is 8.09. The van der Waals surface area contributed by atoms with Crippen LogP contribution in [-0.2, 0) is 14.8 Å². The predicted octanol–water partition coefficient (Wildman–Crippen LogP) is 4.00. The van der Waals surface area contributed by atoms with Crippen LogP contribution in [0.15, 0.2) is 65.0 Å². The Morgan fingerprint density at radius 2 is 1.96 bits per heavy atom. The summed E-state index contributed by atoms with van der Waals surface area (Å²) in [4.78, 5) is 16.2. The molecule has 0 radical (unpaired) electrons. The normalized spacial score (nSPS) is 12.2. The number of nitrogens with zero attached hydrogens (tertiary/aromatic N) is 1. The second-order valence-corrected chi connectivity index (χ2v) is 8.69. The molecule has 1 amide bonds. The molecule has 0 saturated heterocycles. The number of benzene rings is 2. The number of hydrogen-bond acceptors (Lipinski definition) is 6. The van der Waals surface area contributed by atoms with Gasteiger partial charge in [-0.25, -0.2) is 13.4 Å². The van der Waals surface area contributed by atoms with Crippen molar-refractivity contribution in [2.24, 2.45) is 0 Å². The van der Waals surface area contributed by atoms with Crippen LogP contribution in [0.1, 0.15) is 6.92 Å². The first-order valence-corrected chi connectivity index (χ1v) is 10.8. The third kappa shape index (κ3) is 5.22. The fraction of sp³-hybridized carbons (Fsp3) is 0.111. The molecule has 0 unspecified atom stereocenters. The molecule has 0 aliphatic rings. The van der Waals surface area contributed by atoms with Crippen LogP contribution in [0, 0.1) is 0 Å². The van der Waals surface area contributed by atoms with Gasteiger partial charge in [0.15, 0.2) is 11.2 Å². The van der Waals surface area contributed by atoms with E-state index in [2.05, 4.69) is 15.0 Å². The van der Waals surface area contributed by atoms with E-state index in [-0.39, 0.29) is 15.9 Å². The topological polar surface area (TPSA) is 97.4 Å². The molecule has 10 heteroatoms. The average Bonchev–Trinajstić information content (AvgIpc) is 3.14. The number of anilines is 2. The van der Waals surface area contributed by atoms with Crippen LogP contribution < -0.4 is 14.8 Å². The molecule has 7 nitrogen and oxygen atoms in total. The van der Waals surface area contributed by atoms with Crippen molar-refractivity contribution in [2.75, 3.05) is 10.0 Å². The largest absolute Gasteiger partial charge is 0.481 e. The van der Waals surface area contributed by atoms with Crippen LogP contribution in [0.4, 0.5) is 10.8 Å². The molecule has 1 aromatic heterocycles. The average molecular weight is 438 g/mol. The maximum Gasteiger partial charge on any atom is 0.265 e. The lowest BCUT2D eigenvalue weighted by molar-refractivity contribution is -0.122. The molecule has 0 aliphatic heterocycles. The van der Waals surface area contributed by atoms with E-state index in [1.165, 1.54) is 41.8 Å². The summed E-state index contributed by atoms with van der Waals surface area (Å²) in [7, 11) is -3.74. The zero-order valence-electron chi connectivity index (χ0n) is 14.6. The molecular weight excluding hydrogens is 422 g/mol. The molecule has 0 saturated carbocycles. The minimum absolute atomic E-state index is 0.0592. The van der Waals surface area contributed by atoms with Gasteiger partial charge in [-0.1, -0.05) is 17.7 Å². The minimum Gasteiger partial charge on any atom is -0.481 e. The Bertz CT molecular complexity index is 1050. The van der Waals surface area contributed by atoms with Gasteiger partial charge in [-0.3, -0.25) is 9.52 Å². The number of sulfonamides is 1. The highest BCUT2D eigenvalue weighted by molar-refractivity contribution is 7.93. The summed E-state index contributed by atoms with van der Waals surface area (Å²) < 4.78 is 32.6. The van der Waals surface area contributed by atoms with Gasteiger partial charge in [0.2, 0.25) is 0 Å². The Morgan fingerprint density at radius 3 is 2.61 bits per heavy atom. The molecule has 0 fully saturated rings. The van der Waals surface area contributed by atoms with Crippen LogP contribution in [0.5, 0.6) is 5.75 Å². The number of aromatic nitrogens is 1. The highest BCUT2D eigenvalue weighted by Gasteiger charge is 2.17. The Balaban J connectivity index is 1.62. The van der Waals surface area contributed by atoms with E-state index in [1.807, 2.05) is 0 Å². The second-order valence-electron chi connectivity index (χ2n) is 5.67. The zero-order valence-corrected chi connectivity index (χ0v) is 17.0. The number of carbonyl (C=O) groups is 1. The van der Waals surface area contributed by atoms with Gasteiger partial charge < -0.3 is 10.1 Å². The number of amides is 1. The van der Waals surface area contributed by atoms with E-state index in [4.69, 9.17) is 16.3 Å². The highest BCUT2D eigenvalue weighted by Crippen LogP contribution is 2.21. The fourth-order valence-corrected chi connectivity index (χ4v) is 4.18. The number of rotatable bonds is 7. The molecule has 0 aliphatic carbocycles.